The normalized spacial score (nSPS) is 10.7. The highest BCUT2D eigenvalue weighted by Crippen LogP contribution is 2.12. The second-order valence-electron chi connectivity index (χ2n) is 6.05. The molecule has 0 amide bonds. The fraction of sp³-hybridized carbons (Fsp3) is 0.600. The monoisotopic (exact) mass is 334 g/mol. The Labute approximate surface area is 145 Å². The van der Waals surface area contributed by atoms with Gasteiger partial charge in [0.1, 0.15) is 0 Å². The van der Waals surface area contributed by atoms with E-state index >= 15 is 0 Å². The van der Waals surface area contributed by atoms with E-state index in [1.165, 1.54) is 0 Å². The molecule has 134 valence electrons. The third-order valence-electron chi connectivity index (χ3n) is 4.19. The Hall–Kier alpha value is -1.84. The number of unbranched alkanes of at least 4 members (excludes halogenated alkanes) is 3. The number of carbonyl (C=O) groups excluding carboxylic acids is 2. The van der Waals surface area contributed by atoms with Crippen molar-refractivity contribution in [1.29, 1.82) is 0 Å². The van der Waals surface area contributed by atoms with Crippen molar-refractivity contribution in [2.45, 2.75) is 59.3 Å². The zero-order valence-corrected chi connectivity index (χ0v) is 15.2. The Morgan fingerprint density at radius 1 is 0.833 bits per heavy atom. The molecule has 4 nitrogen and oxygen atoms in total. The number of hydrogen-bond donors (Lipinski definition) is 0. The predicted molar refractivity (Wildman–Crippen MR) is 95.2 cm³/mol. The average Bonchev–Trinajstić information content (AvgIpc) is 2.62. The Morgan fingerprint density at radius 3 is 1.88 bits per heavy atom. The van der Waals surface area contributed by atoms with E-state index in [-0.39, 0.29) is 11.9 Å². The number of carbonyl (C=O) groups is 2. The number of esters is 2. The summed E-state index contributed by atoms with van der Waals surface area (Å²) in [6.45, 7) is 7.20. The highest BCUT2D eigenvalue weighted by atomic mass is 16.5. The third kappa shape index (κ3) is 7.16. The smallest absolute Gasteiger partial charge is 0.338 e. The molecule has 24 heavy (non-hydrogen) atoms. The van der Waals surface area contributed by atoms with Crippen LogP contribution >= 0.6 is 0 Å². The summed E-state index contributed by atoms with van der Waals surface area (Å²) < 4.78 is 10.5. The van der Waals surface area contributed by atoms with Gasteiger partial charge in [-0.05, 0) is 36.6 Å². The van der Waals surface area contributed by atoms with Gasteiger partial charge >= 0.3 is 11.9 Å². The largest absolute Gasteiger partial charge is 0.462 e. The Balaban J connectivity index is 2.44. The molecule has 0 unspecified atom stereocenters. The summed E-state index contributed by atoms with van der Waals surface area (Å²) in [4.78, 5) is 23.9. The van der Waals surface area contributed by atoms with E-state index < -0.39 is 0 Å². The van der Waals surface area contributed by atoms with Gasteiger partial charge in [-0.2, -0.15) is 0 Å². The molecule has 0 fully saturated rings. The minimum absolute atomic E-state index is 0.344. The van der Waals surface area contributed by atoms with E-state index in [1.54, 1.807) is 24.3 Å². The van der Waals surface area contributed by atoms with Crippen molar-refractivity contribution in [1.82, 2.24) is 0 Å². The van der Waals surface area contributed by atoms with Crippen molar-refractivity contribution in [3.8, 4) is 0 Å². The molecule has 0 bridgehead atoms. The maximum absolute atomic E-state index is 12.0. The Morgan fingerprint density at radius 2 is 1.38 bits per heavy atom. The van der Waals surface area contributed by atoms with Gasteiger partial charge in [0.05, 0.1) is 24.3 Å². The predicted octanol–water partition coefficient (Wildman–Crippen LogP) is 5.02. The first-order valence-electron chi connectivity index (χ1n) is 9.06. The first kappa shape index (κ1) is 20.2. The van der Waals surface area contributed by atoms with Crippen LogP contribution in [0, 0.1) is 5.92 Å². The molecule has 0 saturated carbocycles. The summed E-state index contributed by atoms with van der Waals surface area (Å²) in [5.41, 5.74) is 0.919. The summed E-state index contributed by atoms with van der Waals surface area (Å²) in [6.07, 6.45) is 6.26. The van der Waals surface area contributed by atoms with Crippen LogP contribution in [-0.4, -0.2) is 25.2 Å². The lowest BCUT2D eigenvalue weighted by molar-refractivity contribution is 0.0430. The molecule has 0 spiro atoms. The molecular formula is C20H30O4. The molecule has 4 heteroatoms. The lowest BCUT2D eigenvalue weighted by Gasteiger charge is -2.12. The highest BCUT2D eigenvalue weighted by molar-refractivity contribution is 5.93. The minimum Gasteiger partial charge on any atom is -0.462 e. The molecule has 1 aromatic carbocycles. The molecule has 0 N–H and O–H groups in total. The van der Waals surface area contributed by atoms with Gasteiger partial charge < -0.3 is 9.47 Å². The maximum Gasteiger partial charge on any atom is 0.338 e. The van der Waals surface area contributed by atoms with E-state index in [4.69, 9.17) is 9.47 Å². The molecule has 1 rings (SSSR count). The van der Waals surface area contributed by atoms with Crippen LogP contribution in [0.1, 0.15) is 80.0 Å². The second-order valence-corrected chi connectivity index (χ2v) is 6.05. The standard InChI is InChI=1S/C20H30O4/c1-4-7-8-9-14-23-19(21)17-10-12-18(13-11-17)20(22)24-15-16(5-2)6-3/h10-13,16H,4-9,14-15H2,1-3H3. The lowest BCUT2D eigenvalue weighted by Crippen LogP contribution is -2.13. The van der Waals surface area contributed by atoms with Crippen molar-refractivity contribution in [3.05, 3.63) is 35.4 Å². The number of rotatable bonds is 11. The SMILES string of the molecule is CCCCCCOC(=O)c1ccc(C(=O)OCC(CC)CC)cc1. The first-order chi connectivity index (χ1) is 11.6. The van der Waals surface area contributed by atoms with Crippen LogP contribution in [0.5, 0.6) is 0 Å². The molecule has 0 radical (unpaired) electrons. The van der Waals surface area contributed by atoms with Crippen LogP contribution in [0.3, 0.4) is 0 Å². The van der Waals surface area contributed by atoms with Crippen molar-refractivity contribution in [2.24, 2.45) is 5.92 Å². The summed E-state index contributed by atoms with van der Waals surface area (Å²) in [5.74, 6) is -0.291. The molecule has 0 heterocycles. The van der Waals surface area contributed by atoms with Crippen molar-refractivity contribution in [2.75, 3.05) is 13.2 Å². The fourth-order valence-corrected chi connectivity index (χ4v) is 2.32. The Kier molecular flexibility index (Phi) is 9.81. The summed E-state index contributed by atoms with van der Waals surface area (Å²) in [5, 5.41) is 0. The van der Waals surface area contributed by atoms with E-state index in [0.29, 0.717) is 30.3 Å². The van der Waals surface area contributed by atoms with Crippen molar-refractivity contribution >= 4 is 11.9 Å². The molecule has 0 saturated heterocycles. The fourth-order valence-electron chi connectivity index (χ4n) is 2.32. The number of hydrogen-bond acceptors (Lipinski definition) is 4. The second kappa shape index (κ2) is 11.7. The summed E-state index contributed by atoms with van der Waals surface area (Å²) >= 11 is 0. The topological polar surface area (TPSA) is 52.6 Å². The van der Waals surface area contributed by atoms with Gasteiger partial charge in [0.15, 0.2) is 0 Å². The van der Waals surface area contributed by atoms with Crippen LogP contribution in [-0.2, 0) is 9.47 Å². The van der Waals surface area contributed by atoms with E-state index in [2.05, 4.69) is 20.8 Å². The molecule has 0 aliphatic rings. The van der Waals surface area contributed by atoms with Gasteiger partial charge in [-0.3, -0.25) is 0 Å². The average molecular weight is 334 g/mol. The van der Waals surface area contributed by atoms with Gasteiger partial charge in [0, 0.05) is 0 Å². The third-order valence-corrected chi connectivity index (χ3v) is 4.19. The molecule has 0 aliphatic heterocycles. The van der Waals surface area contributed by atoms with Gasteiger partial charge in [-0.15, -0.1) is 0 Å². The van der Waals surface area contributed by atoms with E-state index in [0.717, 1.165) is 38.5 Å². The van der Waals surface area contributed by atoms with Gasteiger partial charge in [0.25, 0.3) is 0 Å². The van der Waals surface area contributed by atoms with Crippen LogP contribution in [0.15, 0.2) is 24.3 Å². The van der Waals surface area contributed by atoms with Crippen molar-refractivity contribution in [3.63, 3.8) is 0 Å². The Bertz CT molecular complexity index is 489. The first-order valence-corrected chi connectivity index (χ1v) is 9.06. The van der Waals surface area contributed by atoms with Gasteiger partial charge in [0.2, 0.25) is 0 Å². The van der Waals surface area contributed by atoms with Crippen molar-refractivity contribution < 1.29 is 19.1 Å². The maximum atomic E-state index is 12.0. The van der Waals surface area contributed by atoms with Crippen LogP contribution in [0.25, 0.3) is 0 Å². The molecule has 0 aliphatic carbocycles. The van der Waals surface area contributed by atoms with Gasteiger partial charge in [-0.1, -0.05) is 52.9 Å². The molecule has 1 aromatic rings. The van der Waals surface area contributed by atoms with Gasteiger partial charge in [-0.25, -0.2) is 9.59 Å². The molecule has 0 atom stereocenters. The quantitative estimate of drug-likeness (QED) is 0.421. The molecule has 0 aromatic heterocycles. The summed E-state index contributed by atoms with van der Waals surface area (Å²) in [7, 11) is 0. The van der Waals surface area contributed by atoms with Crippen LogP contribution in [0.4, 0.5) is 0 Å². The highest BCUT2D eigenvalue weighted by Gasteiger charge is 2.12. The van der Waals surface area contributed by atoms with Crippen LogP contribution in [0.2, 0.25) is 0 Å². The number of benzene rings is 1. The number of ether oxygens (including phenoxy) is 2. The van der Waals surface area contributed by atoms with E-state index in [9.17, 15) is 9.59 Å². The van der Waals surface area contributed by atoms with Crippen LogP contribution < -0.4 is 0 Å². The zero-order chi connectivity index (χ0) is 17.8. The lowest BCUT2D eigenvalue weighted by atomic mass is 10.1. The van der Waals surface area contributed by atoms with E-state index in [1.807, 2.05) is 0 Å². The molecular weight excluding hydrogens is 304 g/mol. The zero-order valence-electron chi connectivity index (χ0n) is 15.2. The summed E-state index contributed by atoms with van der Waals surface area (Å²) in [6, 6.07) is 6.45. The minimum atomic E-state index is -0.346.